The van der Waals surface area contributed by atoms with E-state index in [-0.39, 0.29) is 12.5 Å². The van der Waals surface area contributed by atoms with Gasteiger partial charge in [0.2, 0.25) is 0 Å². The first-order valence-electron chi connectivity index (χ1n) is 8.63. The summed E-state index contributed by atoms with van der Waals surface area (Å²) < 4.78 is 5.46. The van der Waals surface area contributed by atoms with Crippen molar-refractivity contribution in [2.45, 2.75) is 19.8 Å². The summed E-state index contributed by atoms with van der Waals surface area (Å²) >= 11 is 6.15. The van der Waals surface area contributed by atoms with Gasteiger partial charge in [0.25, 0.3) is 5.91 Å². The first-order chi connectivity index (χ1) is 13.0. The van der Waals surface area contributed by atoms with Crippen LogP contribution in [0.2, 0.25) is 5.15 Å². The third kappa shape index (κ3) is 5.05. The fourth-order valence-corrected chi connectivity index (χ4v) is 2.70. The second kappa shape index (κ2) is 8.64. The van der Waals surface area contributed by atoms with Crippen LogP contribution in [0.25, 0.3) is 10.9 Å². The van der Waals surface area contributed by atoms with Crippen LogP contribution < -0.4 is 10.2 Å². The number of rotatable bonds is 6. The molecule has 0 radical (unpaired) electrons. The number of hydrogen-bond donors (Lipinski definition) is 1. The Bertz CT molecular complexity index is 969. The van der Waals surface area contributed by atoms with Crippen molar-refractivity contribution in [3.63, 3.8) is 0 Å². The molecule has 6 heteroatoms. The van der Waals surface area contributed by atoms with E-state index in [1.807, 2.05) is 54.6 Å². The van der Waals surface area contributed by atoms with E-state index in [1.165, 1.54) is 11.8 Å². The summed E-state index contributed by atoms with van der Waals surface area (Å²) in [4.78, 5) is 16.2. The standard InChI is InChI=1S/C21H20ClN3O2/c1-14(2)15-7-9-18(10-8-15)27-13-20(26)25-23-12-17-11-16-5-3-4-6-19(16)24-21(17)22/h3-12,14H,13H2,1-2H3,(H,25,26). The van der Waals surface area contributed by atoms with E-state index in [0.717, 1.165) is 10.9 Å². The van der Waals surface area contributed by atoms with Crippen LogP contribution in [0, 0.1) is 0 Å². The second-order valence-corrected chi connectivity index (χ2v) is 6.72. The Morgan fingerprint density at radius 1 is 1.22 bits per heavy atom. The van der Waals surface area contributed by atoms with Crippen LogP contribution in [-0.4, -0.2) is 23.7 Å². The van der Waals surface area contributed by atoms with Crippen molar-refractivity contribution in [2.75, 3.05) is 6.61 Å². The molecule has 1 heterocycles. The van der Waals surface area contributed by atoms with Gasteiger partial charge < -0.3 is 4.74 Å². The Kier molecular flexibility index (Phi) is 6.04. The van der Waals surface area contributed by atoms with Crippen LogP contribution >= 0.6 is 11.6 Å². The van der Waals surface area contributed by atoms with Gasteiger partial charge in [-0.2, -0.15) is 5.10 Å². The largest absolute Gasteiger partial charge is 0.484 e. The monoisotopic (exact) mass is 381 g/mol. The predicted molar refractivity (Wildman–Crippen MR) is 109 cm³/mol. The highest BCUT2D eigenvalue weighted by atomic mass is 35.5. The Morgan fingerprint density at radius 3 is 2.70 bits per heavy atom. The fraction of sp³-hybridized carbons (Fsp3) is 0.190. The molecule has 0 bridgehead atoms. The van der Waals surface area contributed by atoms with Gasteiger partial charge >= 0.3 is 0 Å². The maximum atomic E-state index is 11.9. The van der Waals surface area contributed by atoms with Crippen molar-refractivity contribution < 1.29 is 9.53 Å². The van der Waals surface area contributed by atoms with Crippen molar-refractivity contribution in [3.8, 4) is 5.75 Å². The molecule has 1 N–H and O–H groups in total. The number of pyridine rings is 1. The molecule has 0 atom stereocenters. The number of amides is 1. The molecule has 1 aromatic heterocycles. The summed E-state index contributed by atoms with van der Waals surface area (Å²) in [6.45, 7) is 4.12. The molecule has 0 saturated carbocycles. The summed E-state index contributed by atoms with van der Waals surface area (Å²) in [6.07, 6.45) is 1.47. The van der Waals surface area contributed by atoms with E-state index >= 15 is 0 Å². The summed E-state index contributed by atoms with van der Waals surface area (Å²) in [5, 5.41) is 5.20. The van der Waals surface area contributed by atoms with Crippen LogP contribution in [0.5, 0.6) is 5.75 Å². The highest BCUT2D eigenvalue weighted by Crippen LogP contribution is 2.19. The van der Waals surface area contributed by atoms with Gasteiger partial charge in [-0.15, -0.1) is 0 Å². The van der Waals surface area contributed by atoms with E-state index in [4.69, 9.17) is 16.3 Å². The molecule has 0 saturated heterocycles. The molecular formula is C21H20ClN3O2. The molecule has 1 amide bonds. The van der Waals surface area contributed by atoms with Gasteiger partial charge in [0.1, 0.15) is 10.9 Å². The zero-order chi connectivity index (χ0) is 19.2. The normalized spacial score (nSPS) is 11.3. The van der Waals surface area contributed by atoms with Crippen molar-refractivity contribution in [1.29, 1.82) is 0 Å². The minimum atomic E-state index is -0.357. The van der Waals surface area contributed by atoms with Crippen LogP contribution in [0.15, 0.2) is 59.7 Å². The van der Waals surface area contributed by atoms with Crippen molar-refractivity contribution in [2.24, 2.45) is 5.10 Å². The van der Waals surface area contributed by atoms with Crippen LogP contribution in [0.1, 0.15) is 30.9 Å². The molecule has 3 aromatic rings. The topological polar surface area (TPSA) is 63.6 Å². The fourth-order valence-electron chi connectivity index (χ4n) is 2.50. The number of benzene rings is 2. The van der Waals surface area contributed by atoms with E-state index < -0.39 is 0 Å². The number of hydrogen-bond acceptors (Lipinski definition) is 4. The molecule has 2 aromatic carbocycles. The van der Waals surface area contributed by atoms with Gasteiger partial charge in [0.05, 0.1) is 11.7 Å². The zero-order valence-corrected chi connectivity index (χ0v) is 15.9. The molecule has 0 spiro atoms. The summed E-state index contributed by atoms with van der Waals surface area (Å²) in [6, 6.07) is 17.2. The maximum Gasteiger partial charge on any atom is 0.277 e. The van der Waals surface area contributed by atoms with E-state index in [0.29, 0.717) is 22.4 Å². The number of nitrogens with zero attached hydrogens (tertiary/aromatic N) is 2. The molecule has 0 unspecified atom stereocenters. The minimum Gasteiger partial charge on any atom is -0.484 e. The Labute approximate surface area is 163 Å². The molecule has 0 aliphatic heterocycles. The average Bonchev–Trinajstić information content (AvgIpc) is 2.67. The first-order valence-corrected chi connectivity index (χ1v) is 9.00. The summed E-state index contributed by atoms with van der Waals surface area (Å²) in [5.41, 5.74) is 5.08. The number of carbonyl (C=O) groups excluding carboxylic acids is 1. The van der Waals surface area contributed by atoms with Gasteiger partial charge in [-0.05, 0) is 35.7 Å². The lowest BCUT2D eigenvalue weighted by atomic mass is 10.0. The summed E-state index contributed by atoms with van der Waals surface area (Å²) in [7, 11) is 0. The number of halogens is 1. The predicted octanol–water partition coefficient (Wildman–Crippen LogP) is 4.54. The molecule has 0 fully saturated rings. The number of nitrogens with one attached hydrogen (secondary N) is 1. The van der Waals surface area contributed by atoms with Gasteiger partial charge in [-0.1, -0.05) is 55.8 Å². The summed E-state index contributed by atoms with van der Waals surface area (Å²) in [5.74, 6) is 0.734. The average molecular weight is 382 g/mol. The lowest BCUT2D eigenvalue weighted by molar-refractivity contribution is -0.123. The van der Waals surface area contributed by atoms with Gasteiger partial charge in [-0.3, -0.25) is 4.79 Å². The molecule has 27 heavy (non-hydrogen) atoms. The molecular weight excluding hydrogens is 362 g/mol. The van der Waals surface area contributed by atoms with Crippen molar-refractivity contribution >= 4 is 34.6 Å². The highest BCUT2D eigenvalue weighted by molar-refractivity contribution is 6.32. The molecule has 5 nitrogen and oxygen atoms in total. The smallest absolute Gasteiger partial charge is 0.277 e. The number of para-hydroxylation sites is 1. The van der Waals surface area contributed by atoms with Gasteiger partial charge in [0, 0.05) is 10.9 Å². The van der Waals surface area contributed by atoms with Crippen LogP contribution in [0.3, 0.4) is 0 Å². The molecule has 0 aliphatic rings. The molecule has 138 valence electrons. The Balaban J connectivity index is 1.55. The minimum absolute atomic E-state index is 0.123. The Morgan fingerprint density at radius 2 is 1.96 bits per heavy atom. The SMILES string of the molecule is CC(C)c1ccc(OCC(=O)NN=Cc2cc3ccccc3nc2Cl)cc1. The number of hydrazone groups is 1. The lowest BCUT2D eigenvalue weighted by Crippen LogP contribution is -2.24. The van der Waals surface area contributed by atoms with Crippen LogP contribution in [0.4, 0.5) is 0 Å². The van der Waals surface area contributed by atoms with Crippen molar-refractivity contribution in [1.82, 2.24) is 10.4 Å². The number of ether oxygens (including phenoxy) is 1. The maximum absolute atomic E-state index is 11.9. The number of aromatic nitrogens is 1. The van der Waals surface area contributed by atoms with Crippen molar-refractivity contribution in [3.05, 3.63) is 70.9 Å². The first kappa shape index (κ1) is 18.9. The zero-order valence-electron chi connectivity index (χ0n) is 15.1. The van der Waals surface area contributed by atoms with Gasteiger partial charge in [-0.25, -0.2) is 10.4 Å². The van der Waals surface area contributed by atoms with E-state index in [9.17, 15) is 4.79 Å². The quantitative estimate of drug-likeness (QED) is 0.387. The molecule has 0 aliphatic carbocycles. The third-order valence-electron chi connectivity index (χ3n) is 4.01. The third-order valence-corrected chi connectivity index (χ3v) is 4.32. The van der Waals surface area contributed by atoms with E-state index in [1.54, 1.807) is 0 Å². The van der Waals surface area contributed by atoms with E-state index in [2.05, 4.69) is 29.4 Å². The second-order valence-electron chi connectivity index (χ2n) is 6.37. The van der Waals surface area contributed by atoms with Crippen LogP contribution in [-0.2, 0) is 4.79 Å². The number of fused-ring (bicyclic) bond motifs is 1. The highest BCUT2D eigenvalue weighted by Gasteiger charge is 2.05. The molecule has 3 rings (SSSR count). The van der Waals surface area contributed by atoms with Gasteiger partial charge in [0.15, 0.2) is 6.61 Å². The number of carbonyl (C=O) groups is 1. The lowest BCUT2D eigenvalue weighted by Gasteiger charge is -2.08. The Hall–Kier alpha value is -2.92.